The molecule has 0 spiro atoms. The number of nitrogens with one attached hydrogen (secondary N) is 1. The van der Waals surface area contributed by atoms with Gasteiger partial charge >= 0.3 is 0 Å². The molecular formula is C71H137NO18. The van der Waals surface area contributed by atoms with Crippen LogP contribution in [0.2, 0.25) is 0 Å². The van der Waals surface area contributed by atoms with Crippen LogP contribution >= 0.6 is 0 Å². The van der Waals surface area contributed by atoms with Gasteiger partial charge in [-0.3, -0.25) is 4.79 Å². The summed E-state index contributed by atoms with van der Waals surface area (Å²) in [6.07, 6.45) is 32.0. The highest BCUT2D eigenvalue weighted by molar-refractivity contribution is 5.76. The molecule has 19 nitrogen and oxygen atoms in total. The summed E-state index contributed by atoms with van der Waals surface area (Å²) < 4.78 is 34.5. The lowest BCUT2D eigenvalue weighted by Gasteiger charge is -2.48. The first-order valence-corrected chi connectivity index (χ1v) is 37.3. The third-order valence-electron chi connectivity index (χ3n) is 19.2. The van der Waals surface area contributed by atoms with Crippen LogP contribution in [0.3, 0.4) is 0 Å². The fourth-order valence-corrected chi connectivity index (χ4v) is 13.1. The minimum absolute atomic E-state index is 0.236. The Hall–Kier alpha value is -1.21. The number of amides is 1. The van der Waals surface area contributed by atoms with Crippen molar-refractivity contribution in [1.29, 1.82) is 0 Å². The van der Waals surface area contributed by atoms with E-state index in [1.54, 1.807) is 0 Å². The number of aliphatic hydroxyl groups is 11. The van der Waals surface area contributed by atoms with Crippen LogP contribution in [-0.4, -0.2) is 193 Å². The average Bonchev–Trinajstić information content (AvgIpc) is 1.03. The van der Waals surface area contributed by atoms with Crippen molar-refractivity contribution >= 4 is 5.91 Å². The minimum atomic E-state index is -1.97. The molecule has 0 aromatic carbocycles. The fraction of sp³-hybridized carbons (Fsp3) is 0.986. The predicted octanol–water partition coefficient (Wildman–Crippen LogP) is 10.7. The van der Waals surface area contributed by atoms with Crippen molar-refractivity contribution in [1.82, 2.24) is 5.32 Å². The van der Waals surface area contributed by atoms with Gasteiger partial charge in [-0.15, -0.1) is 0 Å². The van der Waals surface area contributed by atoms with E-state index in [-0.39, 0.29) is 18.9 Å². The Morgan fingerprint density at radius 2 is 0.633 bits per heavy atom. The highest BCUT2D eigenvalue weighted by Crippen LogP contribution is 2.33. The maximum atomic E-state index is 13.4. The maximum Gasteiger partial charge on any atom is 0.220 e. The summed E-state index contributed by atoms with van der Waals surface area (Å²) in [5.74, 6) is -0.236. The van der Waals surface area contributed by atoms with E-state index in [1.165, 1.54) is 238 Å². The molecule has 3 aliphatic rings. The molecule has 3 saturated heterocycles. The molecule has 0 aromatic heterocycles. The molecule has 3 fully saturated rings. The number of unbranched alkanes of at least 4 members (excludes halogenated alkanes) is 43. The Bertz CT molecular complexity index is 1640. The number of rotatable bonds is 59. The number of ether oxygens (including phenoxy) is 6. The molecule has 3 rings (SSSR count). The van der Waals surface area contributed by atoms with Gasteiger partial charge in [-0.1, -0.05) is 296 Å². The van der Waals surface area contributed by atoms with Gasteiger partial charge in [-0.2, -0.15) is 0 Å². The summed E-state index contributed by atoms with van der Waals surface area (Å²) >= 11 is 0. The predicted molar refractivity (Wildman–Crippen MR) is 351 cm³/mol. The van der Waals surface area contributed by atoms with Gasteiger partial charge in [0.05, 0.1) is 38.6 Å². The zero-order valence-corrected chi connectivity index (χ0v) is 56.7. The second kappa shape index (κ2) is 53.9. The molecule has 3 heterocycles. The highest BCUT2D eigenvalue weighted by atomic mass is 16.8. The van der Waals surface area contributed by atoms with Crippen LogP contribution in [0.4, 0.5) is 0 Å². The normalized spacial score (nSPS) is 27.9. The van der Waals surface area contributed by atoms with Crippen LogP contribution in [0.1, 0.15) is 316 Å². The summed E-state index contributed by atoms with van der Waals surface area (Å²) in [6, 6.07) is -0.882. The Labute approximate surface area is 544 Å². The molecule has 19 heteroatoms. The van der Waals surface area contributed by atoms with E-state index in [4.69, 9.17) is 28.4 Å². The molecule has 17 unspecified atom stereocenters. The second-order valence-corrected chi connectivity index (χ2v) is 27.1. The monoisotopic (exact) mass is 1290 g/mol. The highest BCUT2D eigenvalue weighted by Gasteiger charge is 2.53. The Balaban J connectivity index is 1.37. The van der Waals surface area contributed by atoms with E-state index in [1.807, 2.05) is 0 Å². The smallest absolute Gasteiger partial charge is 0.220 e. The molecule has 0 aliphatic carbocycles. The van der Waals surface area contributed by atoms with Crippen LogP contribution < -0.4 is 5.32 Å². The van der Waals surface area contributed by atoms with Gasteiger partial charge in [0.2, 0.25) is 5.91 Å². The van der Waals surface area contributed by atoms with E-state index in [2.05, 4.69) is 19.2 Å². The van der Waals surface area contributed by atoms with Gasteiger partial charge in [0.25, 0.3) is 0 Å². The van der Waals surface area contributed by atoms with Crippen molar-refractivity contribution in [3.63, 3.8) is 0 Å². The van der Waals surface area contributed by atoms with E-state index in [9.17, 15) is 61.0 Å². The lowest BCUT2D eigenvalue weighted by Crippen LogP contribution is -2.66. The summed E-state index contributed by atoms with van der Waals surface area (Å²) in [5.41, 5.74) is 0. The first-order chi connectivity index (χ1) is 43.8. The standard InChI is InChI=1S/C71H137NO18/c1-3-5-7-9-11-13-15-17-19-20-21-22-23-24-25-26-27-28-29-30-31-32-33-35-36-38-40-42-44-46-48-55(76)54(72-59(77)49-47-45-43-41-39-37-34-18-16-14-12-10-8-6-4-2)53-85-69-65(83)62(80)67(57(51-74)87-69)90-71-66(84)63(81)68(58(52-75)88-71)89-70-64(82)61(79)60(78)56(50-73)86-70/h54-58,60-71,73-76,78-84H,3-53H2,1-2H3,(H,72,77). The number of hydrogen-bond acceptors (Lipinski definition) is 18. The van der Waals surface area contributed by atoms with Crippen molar-refractivity contribution in [2.24, 2.45) is 0 Å². The van der Waals surface area contributed by atoms with Crippen molar-refractivity contribution in [3.8, 4) is 0 Å². The topological polar surface area (TPSA) is 307 Å². The molecule has 12 N–H and O–H groups in total. The number of carbonyl (C=O) groups is 1. The number of hydrogen-bond donors (Lipinski definition) is 12. The summed E-state index contributed by atoms with van der Waals surface area (Å²) in [5, 5.41) is 121. The van der Waals surface area contributed by atoms with E-state index >= 15 is 0 Å². The second-order valence-electron chi connectivity index (χ2n) is 27.1. The molecule has 17 atom stereocenters. The first kappa shape index (κ1) is 83.0. The Morgan fingerprint density at radius 1 is 0.356 bits per heavy atom. The molecule has 0 bridgehead atoms. The zero-order valence-electron chi connectivity index (χ0n) is 56.7. The minimum Gasteiger partial charge on any atom is -0.394 e. The fourth-order valence-electron chi connectivity index (χ4n) is 13.1. The van der Waals surface area contributed by atoms with Crippen molar-refractivity contribution in [2.45, 2.75) is 420 Å². The summed E-state index contributed by atoms with van der Waals surface area (Å²) in [4.78, 5) is 13.4. The molecule has 1 amide bonds. The average molecular weight is 1290 g/mol. The molecule has 3 aliphatic heterocycles. The SMILES string of the molecule is CCCCCCCCCCCCCCCCCCCCCCCCCCCCCCCCC(O)C(COC1OC(CO)C(OC2OC(CO)C(OC3OC(CO)C(O)C(O)C3O)C(O)C2O)C(O)C1O)NC(=O)CCCCCCCCCCCCCCCCC. The Morgan fingerprint density at radius 3 is 0.967 bits per heavy atom. The van der Waals surface area contributed by atoms with Gasteiger partial charge < -0.3 is 89.9 Å². The zero-order chi connectivity index (χ0) is 65.4. The molecule has 0 saturated carbocycles. The molecular weight excluding hydrogens is 1150 g/mol. The third kappa shape index (κ3) is 35.2. The summed E-state index contributed by atoms with van der Waals surface area (Å²) in [6.45, 7) is 1.85. The quantitative estimate of drug-likeness (QED) is 0.0252. The van der Waals surface area contributed by atoms with Gasteiger partial charge in [0.15, 0.2) is 18.9 Å². The van der Waals surface area contributed by atoms with Crippen LogP contribution in [0.25, 0.3) is 0 Å². The van der Waals surface area contributed by atoms with E-state index in [0.717, 1.165) is 44.9 Å². The third-order valence-corrected chi connectivity index (χ3v) is 19.2. The molecule has 534 valence electrons. The lowest BCUT2D eigenvalue weighted by molar-refractivity contribution is -0.379. The van der Waals surface area contributed by atoms with Crippen LogP contribution in [0.5, 0.6) is 0 Å². The van der Waals surface area contributed by atoms with E-state index < -0.39 is 124 Å². The summed E-state index contributed by atoms with van der Waals surface area (Å²) in [7, 11) is 0. The van der Waals surface area contributed by atoms with Gasteiger partial charge in [0.1, 0.15) is 73.2 Å². The van der Waals surface area contributed by atoms with Crippen molar-refractivity contribution < 1.29 is 89.4 Å². The van der Waals surface area contributed by atoms with Gasteiger partial charge in [-0.05, 0) is 12.8 Å². The first-order valence-electron chi connectivity index (χ1n) is 37.3. The number of carbonyl (C=O) groups excluding carboxylic acids is 1. The maximum absolute atomic E-state index is 13.4. The molecule has 90 heavy (non-hydrogen) atoms. The largest absolute Gasteiger partial charge is 0.394 e. The van der Waals surface area contributed by atoms with Crippen LogP contribution in [-0.2, 0) is 33.2 Å². The van der Waals surface area contributed by atoms with Gasteiger partial charge in [-0.25, -0.2) is 0 Å². The van der Waals surface area contributed by atoms with Crippen LogP contribution in [0.15, 0.2) is 0 Å². The Kier molecular flexibility index (Phi) is 49.7. The van der Waals surface area contributed by atoms with E-state index in [0.29, 0.717) is 12.8 Å². The molecule has 0 radical (unpaired) electrons. The molecule has 0 aromatic rings. The van der Waals surface area contributed by atoms with Gasteiger partial charge in [0, 0.05) is 6.42 Å². The lowest BCUT2D eigenvalue weighted by atomic mass is 9.96. The van der Waals surface area contributed by atoms with Crippen molar-refractivity contribution in [2.75, 3.05) is 26.4 Å². The van der Waals surface area contributed by atoms with Crippen LogP contribution in [0, 0.1) is 0 Å². The van der Waals surface area contributed by atoms with Crippen molar-refractivity contribution in [3.05, 3.63) is 0 Å². The number of aliphatic hydroxyl groups excluding tert-OH is 11.